The van der Waals surface area contributed by atoms with Crippen LogP contribution in [0.3, 0.4) is 0 Å². The molecule has 0 atom stereocenters. The van der Waals surface area contributed by atoms with E-state index in [1.165, 1.54) is 11.3 Å². The Kier molecular flexibility index (Phi) is 5.85. The van der Waals surface area contributed by atoms with Gasteiger partial charge in [-0.25, -0.2) is 18.4 Å². The Morgan fingerprint density at radius 2 is 1.96 bits per heavy atom. The normalized spacial score (nSPS) is 11.9. The summed E-state index contributed by atoms with van der Waals surface area (Å²) in [5.74, 6) is -0.348. The molecule has 10 heteroatoms. The van der Waals surface area contributed by atoms with Crippen molar-refractivity contribution in [1.82, 2.24) is 14.5 Å². The molecule has 27 heavy (non-hydrogen) atoms. The first-order valence-electron chi connectivity index (χ1n) is 8.06. The van der Waals surface area contributed by atoms with E-state index in [0.717, 1.165) is 23.7 Å². The van der Waals surface area contributed by atoms with E-state index in [-0.39, 0.29) is 11.6 Å². The Hall–Kier alpha value is -2.33. The Labute approximate surface area is 159 Å². The molecule has 0 radical (unpaired) electrons. The van der Waals surface area contributed by atoms with Gasteiger partial charge in [0.1, 0.15) is 22.3 Å². The lowest BCUT2D eigenvalue weighted by Gasteiger charge is -2.06. The fourth-order valence-corrected chi connectivity index (χ4v) is 4.72. The first-order valence-corrected chi connectivity index (χ1v) is 10.8. The molecule has 0 unspecified atom stereocenters. The van der Waals surface area contributed by atoms with Crippen LogP contribution in [0.1, 0.15) is 25.0 Å². The van der Waals surface area contributed by atoms with E-state index in [0.29, 0.717) is 21.9 Å². The second kappa shape index (κ2) is 8.13. The first-order chi connectivity index (χ1) is 12.9. The summed E-state index contributed by atoms with van der Waals surface area (Å²) in [5.41, 5.74) is 1.22. The van der Waals surface area contributed by atoms with Crippen LogP contribution in [0.15, 0.2) is 42.0 Å². The van der Waals surface area contributed by atoms with E-state index < -0.39 is 22.1 Å². The number of ether oxygens (including phenoxy) is 1. The zero-order chi connectivity index (χ0) is 19.4. The number of hydrogen-bond donors (Lipinski definition) is 0. The standard InChI is InChI=1S/C17H17F2N3O3S2/c1-2-25-14-5-3-12(4-6-14)16-21-13(9-26-16)10-27(23,24)11-15-20-7-8-22(15)17(18)19/h3-9,17H,2,10-11H2,1H3. The SMILES string of the molecule is CCOc1ccc(-c2nc(CS(=O)(=O)Cc3nccn3C(F)F)cs2)cc1. The smallest absolute Gasteiger partial charge is 0.319 e. The van der Waals surface area contributed by atoms with Crippen LogP contribution in [-0.4, -0.2) is 29.6 Å². The van der Waals surface area contributed by atoms with Crippen molar-refractivity contribution in [2.24, 2.45) is 0 Å². The molecule has 0 amide bonds. The summed E-state index contributed by atoms with van der Waals surface area (Å²) in [5, 5.41) is 2.33. The fourth-order valence-electron chi connectivity index (χ4n) is 2.47. The topological polar surface area (TPSA) is 74.1 Å². The maximum Gasteiger partial charge on any atom is 0.319 e. The molecule has 2 aromatic heterocycles. The van der Waals surface area contributed by atoms with Gasteiger partial charge in [-0.15, -0.1) is 11.3 Å². The molecule has 2 heterocycles. The van der Waals surface area contributed by atoms with E-state index in [2.05, 4.69) is 9.97 Å². The van der Waals surface area contributed by atoms with E-state index in [4.69, 9.17) is 4.74 Å². The van der Waals surface area contributed by atoms with E-state index in [1.807, 2.05) is 31.2 Å². The molecule has 3 rings (SSSR count). The molecule has 0 aliphatic heterocycles. The zero-order valence-corrected chi connectivity index (χ0v) is 16.0. The highest BCUT2D eigenvalue weighted by molar-refractivity contribution is 7.89. The van der Waals surface area contributed by atoms with Crippen molar-refractivity contribution in [3.63, 3.8) is 0 Å². The van der Waals surface area contributed by atoms with Crippen LogP contribution in [0.2, 0.25) is 0 Å². The summed E-state index contributed by atoms with van der Waals surface area (Å²) in [4.78, 5) is 8.07. The molecular weight excluding hydrogens is 396 g/mol. The summed E-state index contributed by atoms with van der Waals surface area (Å²) < 4.78 is 56.3. The molecular formula is C17H17F2N3O3S2. The minimum absolute atomic E-state index is 0.188. The van der Waals surface area contributed by atoms with Gasteiger partial charge in [-0.2, -0.15) is 8.78 Å². The van der Waals surface area contributed by atoms with Gasteiger partial charge in [-0.1, -0.05) is 0 Å². The number of thiazole rings is 1. The van der Waals surface area contributed by atoms with Crippen LogP contribution in [0, 0.1) is 0 Å². The van der Waals surface area contributed by atoms with Gasteiger partial charge in [-0.05, 0) is 31.2 Å². The summed E-state index contributed by atoms with van der Waals surface area (Å²) in [6, 6.07) is 7.34. The number of halogens is 2. The Morgan fingerprint density at radius 1 is 1.22 bits per heavy atom. The lowest BCUT2D eigenvalue weighted by atomic mass is 10.2. The van der Waals surface area contributed by atoms with Crippen molar-refractivity contribution in [3.05, 3.63) is 53.6 Å². The molecule has 0 saturated heterocycles. The molecule has 0 aliphatic rings. The maximum absolute atomic E-state index is 12.8. The van der Waals surface area contributed by atoms with Gasteiger partial charge in [0, 0.05) is 23.3 Å². The number of alkyl halides is 2. The van der Waals surface area contributed by atoms with Gasteiger partial charge >= 0.3 is 6.55 Å². The predicted molar refractivity (Wildman–Crippen MR) is 98.5 cm³/mol. The van der Waals surface area contributed by atoms with Crippen LogP contribution in [-0.2, 0) is 21.3 Å². The number of nitrogens with zero attached hydrogens (tertiary/aromatic N) is 3. The summed E-state index contributed by atoms with van der Waals surface area (Å²) in [6.45, 7) is -0.361. The summed E-state index contributed by atoms with van der Waals surface area (Å²) in [7, 11) is -3.69. The van der Waals surface area contributed by atoms with Crippen molar-refractivity contribution in [1.29, 1.82) is 0 Å². The van der Waals surface area contributed by atoms with Crippen molar-refractivity contribution in [2.45, 2.75) is 25.0 Å². The molecule has 3 aromatic rings. The largest absolute Gasteiger partial charge is 0.494 e. The molecule has 0 aliphatic carbocycles. The van der Waals surface area contributed by atoms with Gasteiger partial charge in [-0.3, -0.25) is 4.57 Å². The third kappa shape index (κ3) is 4.89. The number of hydrogen-bond acceptors (Lipinski definition) is 6. The maximum atomic E-state index is 12.8. The molecule has 0 fully saturated rings. The van der Waals surface area contributed by atoms with E-state index in [9.17, 15) is 17.2 Å². The van der Waals surface area contributed by atoms with Gasteiger partial charge < -0.3 is 4.74 Å². The van der Waals surface area contributed by atoms with Crippen molar-refractivity contribution >= 4 is 21.2 Å². The van der Waals surface area contributed by atoms with Crippen molar-refractivity contribution < 1.29 is 21.9 Å². The van der Waals surface area contributed by atoms with Crippen molar-refractivity contribution in [2.75, 3.05) is 6.61 Å². The van der Waals surface area contributed by atoms with E-state index >= 15 is 0 Å². The van der Waals surface area contributed by atoms with Crippen LogP contribution in [0.4, 0.5) is 8.78 Å². The van der Waals surface area contributed by atoms with Crippen LogP contribution >= 0.6 is 11.3 Å². The number of sulfone groups is 1. The highest BCUT2D eigenvalue weighted by Crippen LogP contribution is 2.27. The fraction of sp³-hybridized carbons (Fsp3) is 0.294. The minimum Gasteiger partial charge on any atom is -0.494 e. The van der Waals surface area contributed by atoms with E-state index in [1.54, 1.807) is 5.38 Å². The number of rotatable bonds is 8. The molecule has 0 N–H and O–H groups in total. The third-order valence-corrected chi connectivity index (χ3v) is 6.01. The molecule has 0 saturated carbocycles. The summed E-state index contributed by atoms with van der Waals surface area (Å²) in [6.07, 6.45) is 2.21. The second-order valence-electron chi connectivity index (χ2n) is 5.66. The number of benzene rings is 1. The Bertz CT molecular complexity index is 999. The highest BCUT2D eigenvalue weighted by Gasteiger charge is 2.21. The highest BCUT2D eigenvalue weighted by atomic mass is 32.2. The summed E-state index contributed by atoms with van der Waals surface area (Å²) >= 11 is 1.32. The van der Waals surface area contributed by atoms with Gasteiger partial charge in [0.05, 0.1) is 18.1 Å². The molecule has 0 spiro atoms. The number of imidazole rings is 1. The van der Waals surface area contributed by atoms with Crippen molar-refractivity contribution in [3.8, 4) is 16.3 Å². The van der Waals surface area contributed by atoms with Gasteiger partial charge in [0.25, 0.3) is 0 Å². The minimum atomic E-state index is -3.69. The average Bonchev–Trinajstić information content (AvgIpc) is 3.24. The quantitative estimate of drug-likeness (QED) is 0.560. The molecule has 0 bridgehead atoms. The third-order valence-electron chi connectivity index (χ3n) is 3.64. The zero-order valence-electron chi connectivity index (χ0n) is 14.4. The molecule has 144 valence electrons. The Balaban J connectivity index is 1.71. The lowest BCUT2D eigenvalue weighted by molar-refractivity contribution is 0.0677. The first kappa shape index (κ1) is 19.4. The van der Waals surface area contributed by atoms with Crippen LogP contribution in [0.25, 0.3) is 10.6 Å². The molecule has 6 nitrogen and oxygen atoms in total. The average molecular weight is 413 g/mol. The van der Waals surface area contributed by atoms with Crippen LogP contribution in [0.5, 0.6) is 5.75 Å². The molecule has 1 aromatic carbocycles. The lowest BCUT2D eigenvalue weighted by Crippen LogP contribution is -2.13. The Morgan fingerprint density at radius 3 is 2.63 bits per heavy atom. The van der Waals surface area contributed by atoms with Crippen LogP contribution < -0.4 is 4.74 Å². The second-order valence-corrected chi connectivity index (χ2v) is 8.58. The van der Waals surface area contributed by atoms with Gasteiger partial charge in [0.15, 0.2) is 9.84 Å². The number of aromatic nitrogens is 3. The predicted octanol–water partition coefficient (Wildman–Crippen LogP) is 3.92. The monoisotopic (exact) mass is 413 g/mol. The van der Waals surface area contributed by atoms with Gasteiger partial charge in [0.2, 0.25) is 0 Å².